The van der Waals surface area contributed by atoms with Crippen molar-refractivity contribution in [2.75, 3.05) is 6.54 Å². The van der Waals surface area contributed by atoms with Crippen LogP contribution >= 0.6 is 0 Å². The second kappa shape index (κ2) is 2.88. The summed E-state index contributed by atoms with van der Waals surface area (Å²) >= 11 is 0. The van der Waals surface area contributed by atoms with Crippen molar-refractivity contribution in [2.24, 2.45) is 17.4 Å². The first kappa shape index (κ1) is 7.34. The molecule has 0 spiro atoms. The van der Waals surface area contributed by atoms with Crippen LogP contribution in [-0.2, 0) is 4.74 Å². The van der Waals surface area contributed by atoms with Gasteiger partial charge in [0.05, 0.1) is 0 Å². The highest BCUT2D eigenvalue weighted by Crippen LogP contribution is 2.33. The molecule has 1 fully saturated rings. The number of carbonyl (C=O) groups excluding carboxylic acids is 1. The van der Waals surface area contributed by atoms with Crippen LogP contribution in [0.5, 0.6) is 0 Å². The minimum absolute atomic E-state index is 0.141. The molecule has 0 aromatic carbocycles. The second-order valence-electron chi connectivity index (χ2n) is 2.55. The van der Waals surface area contributed by atoms with Crippen LogP contribution in [0.3, 0.4) is 0 Å². The molecule has 1 aliphatic rings. The molecule has 0 heterocycles. The number of amides is 1. The van der Waals surface area contributed by atoms with Crippen molar-refractivity contribution >= 4 is 6.09 Å². The molecule has 1 rings (SSSR count). The Morgan fingerprint density at radius 1 is 1.70 bits per heavy atom. The predicted octanol–water partition coefficient (Wildman–Crippen LogP) is -0.181. The summed E-state index contributed by atoms with van der Waals surface area (Å²) in [6.45, 7) is 0.383. The average molecular weight is 144 g/mol. The standard InChI is InChI=1S/C6H12N2O2/c7-3-5(4-1-2-4)10-6(8)9/h4-5H,1-3,7H2,(H2,8,9). The van der Waals surface area contributed by atoms with Crippen molar-refractivity contribution in [1.29, 1.82) is 0 Å². The molecule has 4 nitrogen and oxygen atoms in total. The van der Waals surface area contributed by atoms with Crippen molar-refractivity contribution in [3.8, 4) is 0 Å². The summed E-state index contributed by atoms with van der Waals surface area (Å²) in [6.07, 6.45) is 1.35. The van der Waals surface area contributed by atoms with Gasteiger partial charge < -0.3 is 16.2 Å². The molecule has 0 radical (unpaired) electrons. The first-order valence-electron chi connectivity index (χ1n) is 3.40. The fraction of sp³-hybridized carbons (Fsp3) is 0.833. The minimum Gasteiger partial charge on any atom is -0.445 e. The third kappa shape index (κ3) is 1.88. The van der Waals surface area contributed by atoms with E-state index in [9.17, 15) is 4.79 Å². The molecule has 4 N–H and O–H groups in total. The molecule has 1 amide bonds. The fourth-order valence-corrected chi connectivity index (χ4v) is 0.954. The van der Waals surface area contributed by atoms with Crippen molar-refractivity contribution in [3.63, 3.8) is 0 Å². The zero-order valence-corrected chi connectivity index (χ0v) is 5.75. The van der Waals surface area contributed by atoms with Crippen LogP contribution in [-0.4, -0.2) is 18.7 Å². The van der Waals surface area contributed by atoms with Gasteiger partial charge in [-0.25, -0.2) is 4.79 Å². The molecule has 0 aromatic rings. The van der Waals surface area contributed by atoms with Gasteiger partial charge in [-0.1, -0.05) is 0 Å². The Kier molecular flexibility index (Phi) is 2.11. The van der Waals surface area contributed by atoms with Crippen LogP contribution in [0.2, 0.25) is 0 Å². The summed E-state index contributed by atoms with van der Waals surface area (Å²) in [4.78, 5) is 10.2. The van der Waals surface area contributed by atoms with E-state index in [1.165, 1.54) is 0 Å². The van der Waals surface area contributed by atoms with Gasteiger partial charge in [0.2, 0.25) is 0 Å². The van der Waals surface area contributed by atoms with E-state index in [0.717, 1.165) is 12.8 Å². The topological polar surface area (TPSA) is 78.3 Å². The van der Waals surface area contributed by atoms with Crippen LogP contribution < -0.4 is 11.5 Å². The van der Waals surface area contributed by atoms with E-state index in [1.54, 1.807) is 0 Å². The molecular formula is C6H12N2O2. The molecule has 0 bridgehead atoms. The largest absolute Gasteiger partial charge is 0.445 e. The Hall–Kier alpha value is -0.770. The molecule has 0 aliphatic heterocycles. The lowest BCUT2D eigenvalue weighted by Crippen LogP contribution is -2.30. The van der Waals surface area contributed by atoms with Crippen molar-refractivity contribution < 1.29 is 9.53 Å². The van der Waals surface area contributed by atoms with Gasteiger partial charge >= 0.3 is 6.09 Å². The number of hydrogen-bond donors (Lipinski definition) is 2. The lowest BCUT2D eigenvalue weighted by atomic mass is 10.2. The van der Waals surface area contributed by atoms with E-state index < -0.39 is 6.09 Å². The number of primary amides is 1. The fourth-order valence-electron chi connectivity index (χ4n) is 0.954. The second-order valence-corrected chi connectivity index (χ2v) is 2.55. The van der Waals surface area contributed by atoms with E-state index >= 15 is 0 Å². The maximum absolute atomic E-state index is 10.2. The third-order valence-corrected chi connectivity index (χ3v) is 1.65. The number of hydrogen-bond acceptors (Lipinski definition) is 3. The summed E-state index contributed by atoms with van der Waals surface area (Å²) in [5.41, 5.74) is 10.1. The van der Waals surface area contributed by atoms with Gasteiger partial charge in [-0.2, -0.15) is 0 Å². The first-order valence-corrected chi connectivity index (χ1v) is 3.40. The SMILES string of the molecule is NCC(OC(N)=O)C1CC1. The van der Waals surface area contributed by atoms with E-state index in [4.69, 9.17) is 16.2 Å². The van der Waals surface area contributed by atoms with Crippen LogP contribution in [0.15, 0.2) is 0 Å². The molecule has 1 atom stereocenters. The smallest absolute Gasteiger partial charge is 0.404 e. The highest BCUT2D eigenvalue weighted by Gasteiger charge is 2.32. The maximum atomic E-state index is 10.2. The highest BCUT2D eigenvalue weighted by molar-refractivity contribution is 5.64. The Balaban J connectivity index is 2.25. The zero-order chi connectivity index (χ0) is 7.56. The van der Waals surface area contributed by atoms with E-state index in [1.807, 2.05) is 0 Å². The predicted molar refractivity (Wildman–Crippen MR) is 36.2 cm³/mol. The Morgan fingerprint density at radius 3 is 2.60 bits per heavy atom. The van der Waals surface area contributed by atoms with Gasteiger partial charge in [0.25, 0.3) is 0 Å². The van der Waals surface area contributed by atoms with Crippen molar-refractivity contribution in [1.82, 2.24) is 0 Å². The molecule has 1 aliphatic carbocycles. The van der Waals surface area contributed by atoms with Gasteiger partial charge in [-0.15, -0.1) is 0 Å². The molecule has 1 unspecified atom stereocenters. The number of nitrogens with two attached hydrogens (primary N) is 2. The Labute approximate surface area is 59.5 Å². The third-order valence-electron chi connectivity index (χ3n) is 1.65. The molecule has 0 saturated heterocycles. The lowest BCUT2D eigenvalue weighted by Gasteiger charge is -2.12. The van der Waals surface area contributed by atoms with Gasteiger partial charge in [-0.05, 0) is 18.8 Å². The summed E-state index contributed by atoms with van der Waals surface area (Å²) in [6, 6.07) is 0. The van der Waals surface area contributed by atoms with E-state index in [2.05, 4.69) is 0 Å². The molecule has 4 heteroatoms. The van der Waals surface area contributed by atoms with E-state index in [-0.39, 0.29) is 6.10 Å². The van der Waals surface area contributed by atoms with Gasteiger partial charge in [-0.3, -0.25) is 0 Å². The zero-order valence-electron chi connectivity index (χ0n) is 5.75. The van der Waals surface area contributed by atoms with Crippen LogP contribution in [0, 0.1) is 5.92 Å². The van der Waals surface area contributed by atoms with E-state index in [0.29, 0.717) is 12.5 Å². The Bertz CT molecular complexity index is 134. The number of carbonyl (C=O) groups is 1. The van der Waals surface area contributed by atoms with Gasteiger partial charge in [0.1, 0.15) is 6.10 Å². The summed E-state index contributed by atoms with van der Waals surface area (Å²) in [7, 11) is 0. The Morgan fingerprint density at radius 2 is 2.30 bits per heavy atom. The number of rotatable bonds is 3. The first-order chi connectivity index (χ1) is 4.74. The maximum Gasteiger partial charge on any atom is 0.404 e. The monoisotopic (exact) mass is 144 g/mol. The summed E-state index contributed by atoms with van der Waals surface area (Å²) < 4.78 is 4.74. The number of ether oxygens (including phenoxy) is 1. The molecule has 10 heavy (non-hydrogen) atoms. The quantitative estimate of drug-likeness (QED) is 0.576. The summed E-state index contributed by atoms with van der Waals surface area (Å²) in [5, 5.41) is 0. The minimum atomic E-state index is -0.720. The van der Waals surface area contributed by atoms with Crippen molar-refractivity contribution in [2.45, 2.75) is 18.9 Å². The van der Waals surface area contributed by atoms with Gasteiger partial charge in [0, 0.05) is 6.54 Å². The normalized spacial score (nSPS) is 20.1. The van der Waals surface area contributed by atoms with Gasteiger partial charge in [0.15, 0.2) is 0 Å². The highest BCUT2D eigenvalue weighted by atomic mass is 16.6. The van der Waals surface area contributed by atoms with Crippen LogP contribution in [0.4, 0.5) is 4.79 Å². The lowest BCUT2D eigenvalue weighted by molar-refractivity contribution is 0.0982. The molecule has 0 aromatic heterocycles. The average Bonchev–Trinajstić information content (AvgIpc) is 2.63. The van der Waals surface area contributed by atoms with Crippen LogP contribution in [0.1, 0.15) is 12.8 Å². The molecule has 58 valence electrons. The molecule has 1 saturated carbocycles. The molecular weight excluding hydrogens is 132 g/mol. The summed E-state index contributed by atoms with van der Waals surface area (Å²) in [5.74, 6) is 0.470. The van der Waals surface area contributed by atoms with Crippen molar-refractivity contribution in [3.05, 3.63) is 0 Å². The van der Waals surface area contributed by atoms with Crippen LogP contribution in [0.25, 0.3) is 0 Å².